The number of nitrogens with two attached hydrogens (primary N) is 1. The van der Waals surface area contributed by atoms with Crippen LogP contribution in [-0.4, -0.2) is 62.5 Å². The van der Waals surface area contributed by atoms with Gasteiger partial charge in [0.1, 0.15) is 0 Å². The first kappa shape index (κ1) is 21.7. The van der Waals surface area contributed by atoms with Gasteiger partial charge in [0, 0.05) is 45.7 Å². The molecule has 2 heterocycles. The number of nitrogens with one attached hydrogen (secondary N) is 2. The standard InChI is InChI=1S/C23H31N5O2/c1-4-19-21(28-11-5-6-18(15-28)26-16(2)29)8-7-20(23(24)30)22(19)25-14-17-9-12-27(3)13-10-17/h1,7-9,18,25H,5-6,10-15H2,2-3H3,(H2,24,30)(H,26,29)/t18-/m1/s1. The van der Waals surface area contributed by atoms with Crippen molar-refractivity contribution in [2.24, 2.45) is 5.73 Å². The highest BCUT2D eigenvalue weighted by atomic mass is 16.1. The van der Waals surface area contributed by atoms with Gasteiger partial charge >= 0.3 is 0 Å². The number of primary amides is 1. The summed E-state index contributed by atoms with van der Waals surface area (Å²) in [6.45, 7) is 5.61. The largest absolute Gasteiger partial charge is 0.380 e. The van der Waals surface area contributed by atoms with E-state index in [0.29, 0.717) is 29.9 Å². The highest BCUT2D eigenvalue weighted by molar-refractivity contribution is 6.01. The average Bonchev–Trinajstić information content (AvgIpc) is 2.72. The van der Waals surface area contributed by atoms with Crippen LogP contribution in [0.2, 0.25) is 0 Å². The molecule has 0 aromatic heterocycles. The lowest BCUT2D eigenvalue weighted by molar-refractivity contribution is -0.119. The molecule has 7 nitrogen and oxygen atoms in total. The van der Waals surface area contributed by atoms with E-state index in [0.717, 1.165) is 44.6 Å². The summed E-state index contributed by atoms with van der Waals surface area (Å²) >= 11 is 0. The molecule has 2 aliphatic rings. The van der Waals surface area contributed by atoms with Gasteiger partial charge in [-0.1, -0.05) is 17.6 Å². The number of carbonyl (C=O) groups is 2. The van der Waals surface area contributed by atoms with Gasteiger partial charge in [0.05, 0.1) is 22.5 Å². The van der Waals surface area contributed by atoms with E-state index in [2.05, 4.69) is 39.5 Å². The van der Waals surface area contributed by atoms with E-state index in [1.807, 2.05) is 6.07 Å². The molecule has 2 amide bonds. The van der Waals surface area contributed by atoms with Crippen LogP contribution >= 0.6 is 0 Å². The lowest BCUT2D eigenvalue weighted by Crippen LogP contribution is -2.47. The number of piperidine rings is 1. The number of amides is 2. The molecule has 0 saturated carbocycles. The monoisotopic (exact) mass is 409 g/mol. The second-order valence-electron chi connectivity index (χ2n) is 8.10. The lowest BCUT2D eigenvalue weighted by atomic mass is 9.99. The number of anilines is 2. The van der Waals surface area contributed by atoms with Crippen molar-refractivity contribution in [1.29, 1.82) is 0 Å². The molecule has 0 bridgehead atoms. The van der Waals surface area contributed by atoms with Crippen LogP contribution in [0.3, 0.4) is 0 Å². The molecule has 3 rings (SSSR count). The third kappa shape index (κ3) is 5.14. The molecule has 1 atom stereocenters. The molecule has 2 aliphatic heterocycles. The molecule has 0 aliphatic carbocycles. The van der Waals surface area contributed by atoms with Crippen molar-refractivity contribution in [1.82, 2.24) is 10.2 Å². The van der Waals surface area contributed by atoms with E-state index in [9.17, 15) is 9.59 Å². The Morgan fingerprint density at radius 2 is 2.13 bits per heavy atom. The van der Waals surface area contributed by atoms with Crippen LogP contribution < -0.4 is 21.3 Å². The van der Waals surface area contributed by atoms with Crippen molar-refractivity contribution in [3.05, 3.63) is 34.9 Å². The average molecular weight is 410 g/mol. The Bertz CT molecular complexity index is 886. The number of carbonyl (C=O) groups excluding carboxylic acids is 2. The maximum absolute atomic E-state index is 12.1. The Morgan fingerprint density at radius 3 is 2.77 bits per heavy atom. The molecule has 1 fully saturated rings. The topological polar surface area (TPSA) is 90.7 Å². The zero-order chi connectivity index (χ0) is 21.7. The molecule has 1 saturated heterocycles. The summed E-state index contributed by atoms with van der Waals surface area (Å²) in [6.07, 6.45) is 11.0. The van der Waals surface area contributed by atoms with Crippen molar-refractivity contribution >= 4 is 23.2 Å². The first-order valence-corrected chi connectivity index (χ1v) is 10.4. The second-order valence-corrected chi connectivity index (χ2v) is 8.10. The number of hydrogen-bond acceptors (Lipinski definition) is 5. The number of benzene rings is 1. The molecule has 1 aromatic carbocycles. The van der Waals surface area contributed by atoms with E-state index in [-0.39, 0.29) is 11.9 Å². The summed E-state index contributed by atoms with van der Waals surface area (Å²) in [5.74, 6) is 2.24. The third-order valence-corrected chi connectivity index (χ3v) is 5.76. The summed E-state index contributed by atoms with van der Waals surface area (Å²) in [7, 11) is 2.10. The zero-order valence-corrected chi connectivity index (χ0v) is 17.8. The Kier molecular flexibility index (Phi) is 7.01. The number of hydrogen-bond donors (Lipinski definition) is 3. The Balaban J connectivity index is 1.88. The molecule has 30 heavy (non-hydrogen) atoms. The zero-order valence-electron chi connectivity index (χ0n) is 17.8. The van der Waals surface area contributed by atoms with Gasteiger partial charge in [-0.05, 0) is 38.4 Å². The van der Waals surface area contributed by atoms with E-state index in [1.165, 1.54) is 12.5 Å². The molecular weight excluding hydrogens is 378 g/mol. The first-order chi connectivity index (χ1) is 14.4. The van der Waals surface area contributed by atoms with Crippen molar-refractivity contribution in [3.8, 4) is 12.3 Å². The summed E-state index contributed by atoms with van der Waals surface area (Å²) in [4.78, 5) is 28.0. The van der Waals surface area contributed by atoms with Crippen molar-refractivity contribution in [2.45, 2.75) is 32.2 Å². The van der Waals surface area contributed by atoms with Gasteiger partial charge in [0.25, 0.3) is 5.91 Å². The van der Waals surface area contributed by atoms with Crippen LogP contribution in [0.15, 0.2) is 23.8 Å². The number of likely N-dealkylation sites (N-methyl/N-ethyl adjacent to an activating group) is 1. The maximum Gasteiger partial charge on any atom is 0.250 e. The molecule has 1 aromatic rings. The van der Waals surface area contributed by atoms with Crippen LogP contribution in [0.5, 0.6) is 0 Å². The smallest absolute Gasteiger partial charge is 0.250 e. The van der Waals surface area contributed by atoms with Crippen molar-refractivity contribution < 1.29 is 9.59 Å². The van der Waals surface area contributed by atoms with Gasteiger partial charge in [-0.15, -0.1) is 6.42 Å². The van der Waals surface area contributed by atoms with E-state index in [1.54, 1.807) is 6.07 Å². The van der Waals surface area contributed by atoms with Crippen LogP contribution in [0.1, 0.15) is 42.1 Å². The van der Waals surface area contributed by atoms with Gasteiger partial charge in [-0.3, -0.25) is 9.59 Å². The Hall–Kier alpha value is -2.98. The van der Waals surface area contributed by atoms with E-state index in [4.69, 9.17) is 12.2 Å². The molecular formula is C23H31N5O2. The van der Waals surface area contributed by atoms with Crippen LogP contribution in [0.25, 0.3) is 0 Å². The molecule has 0 spiro atoms. The van der Waals surface area contributed by atoms with Crippen LogP contribution in [-0.2, 0) is 4.79 Å². The molecule has 160 valence electrons. The number of terminal acetylenes is 1. The highest BCUT2D eigenvalue weighted by Gasteiger charge is 2.25. The fraction of sp³-hybridized carbons (Fsp3) is 0.478. The van der Waals surface area contributed by atoms with Gasteiger partial charge < -0.3 is 26.2 Å². The predicted octanol–water partition coefficient (Wildman–Crippen LogP) is 1.55. The highest BCUT2D eigenvalue weighted by Crippen LogP contribution is 2.32. The summed E-state index contributed by atoms with van der Waals surface area (Å²) in [5.41, 5.74) is 9.47. The van der Waals surface area contributed by atoms with E-state index < -0.39 is 5.91 Å². The fourth-order valence-corrected chi connectivity index (χ4v) is 4.17. The van der Waals surface area contributed by atoms with Crippen molar-refractivity contribution in [3.63, 3.8) is 0 Å². The van der Waals surface area contributed by atoms with Gasteiger partial charge in [-0.25, -0.2) is 0 Å². The predicted molar refractivity (Wildman–Crippen MR) is 121 cm³/mol. The quantitative estimate of drug-likeness (QED) is 0.490. The normalized spacial score (nSPS) is 19.6. The minimum absolute atomic E-state index is 0.0307. The molecule has 0 unspecified atom stereocenters. The van der Waals surface area contributed by atoms with Gasteiger partial charge in [0.15, 0.2) is 0 Å². The van der Waals surface area contributed by atoms with Crippen LogP contribution in [0.4, 0.5) is 11.4 Å². The fourth-order valence-electron chi connectivity index (χ4n) is 4.17. The summed E-state index contributed by atoms with van der Waals surface area (Å²) < 4.78 is 0. The third-order valence-electron chi connectivity index (χ3n) is 5.76. The number of nitrogens with zero attached hydrogens (tertiary/aromatic N) is 2. The first-order valence-electron chi connectivity index (χ1n) is 10.4. The molecule has 4 N–H and O–H groups in total. The minimum atomic E-state index is -0.507. The van der Waals surface area contributed by atoms with Gasteiger partial charge in [-0.2, -0.15) is 0 Å². The second kappa shape index (κ2) is 9.68. The summed E-state index contributed by atoms with van der Waals surface area (Å²) in [6, 6.07) is 3.69. The van der Waals surface area contributed by atoms with Gasteiger partial charge in [0.2, 0.25) is 5.91 Å². The van der Waals surface area contributed by atoms with Crippen LogP contribution in [0, 0.1) is 12.3 Å². The lowest BCUT2D eigenvalue weighted by Gasteiger charge is -2.36. The summed E-state index contributed by atoms with van der Waals surface area (Å²) in [5, 5.41) is 6.40. The number of rotatable bonds is 6. The SMILES string of the molecule is C#Cc1c(N2CCC[C@@H](NC(C)=O)C2)ccc(C(N)=O)c1NCC1=CCN(C)CC1. The Morgan fingerprint density at radius 1 is 1.33 bits per heavy atom. The Labute approximate surface area is 178 Å². The molecule has 0 radical (unpaired) electrons. The molecule has 7 heteroatoms. The van der Waals surface area contributed by atoms with E-state index >= 15 is 0 Å². The minimum Gasteiger partial charge on any atom is -0.380 e. The van der Waals surface area contributed by atoms with Crippen molar-refractivity contribution in [2.75, 3.05) is 50.0 Å². The maximum atomic E-state index is 12.1.